The van der Waals surface area contributed by atoms with Gasteiger partial charge < -0.3 is 18.9 Å². The first-order valence-electron chi connectivity index (χ1n) is 29.7. The van der Waals surface area contributed by atoms with Crippen molar-refractivity contribution in [1.82, 2.24) is 0 Å². The van der Waals surface area contributed by atoms with Gasteiger partial charge in [0.2, 0.25) is 0 Å². The van der Waals surface area contributed by atoms with Crippen molar-refractivity contribution < 1.29 is 42.1 Å². The van der Waals surface area contributed by atoms with E-state index in [0.717, 1.165) is 70.6 Å². The standard InChI is InChI=1S/C62H112NO8P/c1-6-8-10-12-14-16-18-20-22-24-26-27-28-29-30-31-32-33-34-35-37-38-40-42-44-46-48-50-52-54-61(64)68-58-60(59-70-72(66,67)69-57-56-63(3,4)5)71-62(65)55-53-51-49-47-45-43-41-39-36-25-23-21-19-17-15-13-11-9-7-2/h9,11,15,17,21,23-24,26,36,39,43,45,60H,6-8,10,12-14,16,18-20,22,25,27-35,37-38,40-42,44,46-59H2,1-5H3/p+1/b11-9-,17-15-,23-21-,26-24-,39-36-,45-43-. The fourth-order valence-electron chi connectivity index (χ4n) is 8.16. The number of hydrogen-bond acceptors (Lipinski definition) is 7. The maximum Gasteiger partial charge on any atom is 0.472 e. The Hall–Kier alpha value is -2.55. The number of unbranched alkanes of at least 4 members (excludes halogenated alkanes) is 28. The Bertz CT molecular complexity index is 1450. The van der Waals surface area contributed by atoms with Gasteiger partial charge in [-0.05, 0) is 83.5 Å². The number of carbonyl (C=O) groups is 2. The lowest BCUT2D eigenvalue weighted by molar-refractivity contribution is -0.870. The zero-order valence-corrected chi connectivity index (χ0v) is 48.3. The van der Waals surface area contributed by atoms with Crippen LogP contribution in [0.5, 0.6) is 0 Å². The second-order valence-electron chi connectivity index (χ2n) is 21.0. The maximum absolute atomic E-state index is 12.8. The van der Waals surface area contributed by atoms with Crippen molar-refractivity contribution in [3.63, 3.8) is 0 Å². The number of likely N-dealkylation sites (N-methyl/N-ethyl adjacent to an activating group) is 1. The van der Waals surface area contributed by atoms with Crippen LogP contribution in [0.3, 0.4) is 0 Å². The zero-order chi connectivity index (χ0) is 52.7. The van der Waals surface area contributed by atoms with Crippen LogP contribution in [-0.2, 0) is 32.7 Å². The number of phosphoric ester groups is 1. The van der Waals surface area contributed by atoms with Crippen molar-refractivity contribution in [1.29, 1.82) is 0 Å². The number of hydrogen-bond donors (Lipinski definition) is 1. The molecule has 0 saturated carbocycles. The van der Waals surface area contributed by atoms with Crippen LogP contribution in [0.4, 0.5) is 0 Å². The first-order valence-corrected chi connectivity index (χ1v) is 31.2. The number of ether oxygens (including phenoxy) is 2. The average Bonchev–Trinajstić information content (AvgIpc) is 3.34. The molecular weight excluding hydrogens is 918 g/mol. The highest BCUT2D eigenvalue weighted by Gasteiger charge is 2.27. The quantitative estimate of drug-likeness (QED) is 0.0211. The molecule has 0 aromatic carbocycles. The summed E-state index contributed by atoms with van der Waals surface area (Å²) in [6, 6.07) is 0. The van der Waals surface area contributed by atoms with Crippen LogP contribution in [0.15, 0.2) is 72.9 Å². The maximum atomic E-state index is 12.8. The monoisotopic (exact) mass is 1030 g/mol. The van der Waals surface area contributed by atoms with E-state index in [1.807, 2.05) is 21.1 Å². The van der Waals surface area contributed by atoms with Crippen LogP contribution in [-0.4, -0.2) is 74.9 Å². The fourth-order valence-corrected chi connectivity index (χ4v) is 8.90. The molecule has 0 saturated heterocycles. The van der Waals surface area contributed by atoms with Crippen LogP contribution in [0.1, 0.15) is 258 Å². The summed E-state index contributed by atoms with van der Waals surface area (Å²) in [5.74, 6) is -0.831. The van der Waals surface area contributed by atoms with Gasteiger partial charge in [0.25, 0.3) is 0 Å². The van der Waals surface area contributed by atoms with Crippen molar-refractivity contribution in [3.8, 4) is 0 Å². The molecule has 0 aromatic rings. The SMILES string of the molecule is CC/C=C\C/C=C\C/C=C\C/C=C\C/C=C\CCCCCC(=O)OC(COC(=O)CCCCCCCCCCCCCCCCCCC/C=C\CCCCCCCCCC)COP(=O)(O)OCC[N+](C)(C)C. The zero-order valence-electron chi connectivity index (χ0n) is 47.4. The lowest BCUT2D eigenvalue weighted by Gasteiger charge is -2.24. The smallest absolute Gasteiger partial charge is 0.462 e. The highest BCUT2D eigenvalue weighted by Crippen LogP contribution is 2.43. The van der Waals surface area contributed by atoms with Crippen molar-refractivity contribution in [2.24, 2.45) is 0 Å². The molecule has 0 radical (unpaired) electrons. The Kier molecular flexibility index (Phi) is 51.4. The molecule has 0 bridgehead atoms. The van der Waals surface area contributed by atoms with Crippen LogP contribution < -0.4 is 0 Å². The van der Waals surface area contributed by atoms with Crippen molar-refractivity contribution in [3.05, 3.63) is 72.9 Å². The third-order valence-corrected chi connectivity index (χ3v) is 13.7. The van der Waals surface area contributed by atoms with Gasteiger partial charge in [0, 0.05) is 12.8 Å². The molecule has 0 aliphatic heterocycles. The number of carbonyl (C=O) groups excluding carboxylic acids is 2. The lowest BCUT2D eigenvalue weighted by Crippen LogP contribution is -2.37. The van der Waals surface area contributed by atoms with Gasteiger partial charge in [-0.3, -0.25) is 18.6 Å². The Morgan fingerprint density at radius 2 is 0.792 bits per heavy atom. The van der Waals surface area contributed by atoms with E-state index < -0.39 is 26.5 Å². The number of esters is 2. The molecule has 0 spiro atoms. The van der Waals surface area contributed by atoms with Gasteiger partial charge in [-0.1, -0.05) is 234 Å². The average molecular weight is 1030 g/mol. The molecule has 2 atom stereocenters. The Morgan fingerprint density at radius 3 is 1.21 bits per heavy atom. The van der Waals surface area contributed by atoms with E-state index in [-0.39, 0.29) is 32.0 Å². The van der Waals surface area contributed by atoms with E-state index >= 15 is 0 Å². The highest BCUT2D eigenvalue weighted by atomic mass is 31.2. The second kappa shape index (κ2) is 53.3. The molecule has 10 heteroatoms. The molecule has 0 amide bonds. The van der Waals surface area contributed by atoms with E-state index in [1.165, 1.54) is 154 Å². The molecule has 0 aliphatic carbocycles. The van der Waals surface area contributed by atoms with Gasteiger partial charge in [-0.25, -0.2) is 4.57 Å². The van der Waals surface area contributed by atoms with E-state index in [2.05, 4.69) is 86.8 Å². The van der Waals surface area contributed by atoms with Gasteiger partial charge in [-0.15, -0.1) is 0 Å². The molecule has 418 valence electrons. The van der Waals surface area contributed by atoms with Crippen LogP contribution in [0, 0.1) is 0 Å². The Morgan fingerprint density at radius 1 is 0.444 bits per heavy atom. The van der Waals surface area contributed by atoms with Gasteiger partial charge in [-0.2, -0.15) is 0 Å². The summed E-state index contributed by atoms with van der Waals surface area (Å²) in [4.78, 5) is 35.7. The van der Waals surface area contributed by atoms with Gasteiger partial charge in [0.05, 0.1) is 27.7 Å². The fraction of sp³-hybridized carbons (Fsp3) is 0.774. The number of allylic oxidation sites excluding steroid dienone is 12. The highest BCUT2D eigenvalue weighted by molar-refractivity contribution is 7.47. The predicted octanol–water partition coefficient (Wildman–Crippen LogP) is 18.5. The van der Waals surface area contributed by atoms with E-state index in [0.29, 0.717) is 17.4 Å². The topological polar surface area (TPSA) is 108 Å². The summed E-state index contributed by atoms with van der Waals surface area (Å²) in [5, 5.41) is 0. The summed E-state index contributed by atoms with van der Waals surface area (Å²) in [5.41, 5.74) is 0. The summed E-state index contributed by atoms with van der Waals surface area (Å²) in [7, 11) is 1.45. The summed E-state index contributed by atoms with van der Waals surface area (Å²) in [6.07, 6.45) is 69.9. The van der Waals surface area contributed by atoms with Crippen LogP contribution >= 0.6 is 7.82 Å². The number of nitrogens with zero attached hydrogens (tertiary/aromatic N) is 1. The van der Waals surface area contributed by atoms with Gasteiger partial charge in [0.1, 0.15) is 19.8 Å². The van der Waals surface area contributed by atoms with Gasteiger partial charge in [0.15, 0.2) is 6.10 Å². The number of phosphoric acid groups is 1. The minimum absolute atomic E-state index is 0.0227. The third-order valence-electron chi connectivity index (χ3n) is 12.7. The van der Waals surface area contributed by atoms with E-state index in [9.17, 15) is 19.0 Å². The van der Waals surface area contributed by atoms with Crippen LogP contribution in [0.25, 0.3) is 0 Å². The van der Waals surface area contributed by atoms with Crippen molar-refractivity contribution in [2.75, 3.05) is 47.5 Å². The summed E-state index contributed by atoms with van der Waals surface area (Å²) in [6.45, 7) is 4.30. The van der Waals surface area contributed by atoms with E-state index in [1.54, 1.807) is 0 Å². The second-order valence-corrected chi connectivity index (χ2v) is 22.5. The molecule has 72 heavy (non-hydrogen) atoms. The van der Waals surface area contributed by atoms with E-state index in [4.69, 9.17) is 18.5 Å². The Labute approximate surface area is 444 Å². The normalized spacial score (nSPS) is 13.8. The van der Waals surface area contributed by atoms with Crippen molar-refractivity contribution in [2.45, 2.75) is 264 Å². The summed E-state index contributed by atoms with van der Waals surface area (Å²) < 4.78 is 34.5. The molecule has 0 heterocycles. The minimum atomic E-state index is -4.40. The number of quaternary nitrogens is 1. The molecule has 2 unspecified atom stereocenters. The molecule has 0 aromatic heterocycles. The lowest BCUT2D eigenvalue weighted by atomic mass is 10.0. The largest absolute Gasteiger partial charge is 0.472 e. The first-order chi connectivity index (χ1) is 35.0. The third kappa shape index (κ3) is 56.7. The van der Waals surface area contributed by atoms with Crippen molar-refractivity contribution >= 4 is 19.8 Å². The molecule has 0 aliphatic rings. The molecule has 0 fully saturated rings. The molecule has 0 rings (SSSR count). The molecule has 9 nitrogen and oxygen atoms in total. The molecule has 1 N–H and O–H groups in total. The first kappa shape index (κ1) is 69.5. The Balaban J connectivity index is 4.13. The minimum Gasteiger partial charge on any atom is -0.462 e. The van der Waals surface area contributed by atoms with Crippen LogP contribution in [0.2, 0.25) is 0 Å². The summed E-state index contributed by atoms with van der Waals surface area (Å²) >= 11 is 0. The van der Waals surface area contributed by atoms with Gasteiger partial charge >= 0.3 is 19.8 Å². The predicted molar refractivity (Wildman–Crippen MR) is 307 cm³/mol. The number of rotatable bonds is 54. The molecular formula is C62H113NO8P+.